The van der Waals surface area contributed by atoms with E-state index in [0.29, 0.717) is 34.9 Å². The lowest BCUT2D eigenvalue weighted by molar-refractivity contribution is -0.147. The fourth-order valence-electron chi connectivity index (χ4n) is 4.71. The summed E-state index contributed by atoms with van der Waals surface area (Å²) < 4.78 is 64.5. The van der Waals surface area contributed by atoms with Gasteiger partial charge in [-0.15, -0.1) is 0 Å². The van der Waals surface area contributed by atoms with Crippen LogP contribution in [0.25, 0.3) is 27.7 Å². The Hall–Kier alpha value is -4.37. The normalized spacial score (nSPS) is 17.7. The van der Waals surface area contributed by atoms with E-state index in [4.69, 9.17) is 10.00 Å². The highest BCUT2D eigenvalue weighted by Crippen LogP contribution is 2.38. The summed E-state index contributed by atoms with van der Waals surface area (Å²) in [7, 11) is 0.987. The number of alkyl halides is 3. The van der Waals surface area contributed by atoms with Gasteiger partial charge in [0.25, 0.3) is 5.56 Å². The summed E-state index contributed by atoms with van der Waals surface area (Å²) >= 11 is 0. The van der Waals surface area contributed by atoms with E-state index in [2.05, 4.69) is 15.1 Å². The maximum absolute atomic E-state index is 15.1. The van der Waals surface area contributed by atoms with E-state index in [0.717, 1.165) is 31.5 Å². The number of fused-ring (bicyclic) bond motifs is 1. The fourth-order valence-corrected chi connectivity index (χ4v) is 4.71. The van der Waals surface area contributed by atoms with Crippen molar-refractivity contribution in [2.24, 2.45) is 7.05 Å². The highest BCUT2D eigenvalue weighted by molar-refractivity contribution is 5.93. The van der Waals surface area contributed by atoms with E-state index in [1.165, 1.54) is 18.2 Å². The van der Waals surface area contributed by atoms with Crippen molar-refractivity contribution in [3.63, 3.8) is 0 Å². The lowest BCUT2D eigenvalue weighted by Crippen LogP contribution is -2.28. The summed E-state index contributed by atoms with van der Waals surface area (Å²) in [6.45, 7) is 0.328. The van der Waals surface area contributed by atoms with Crippen LogP contribution >= 0.6 is 0 Å². The number of ether oxygens (including phenoxy) is 1. The Labute approximate surface area is 218 Å². The molecule has 39 heavy (non-hydrogen) atoms. The van der Waals surface area contributed by atoms with Gasteiger partial charge in [-0.3, -0.25) is 14.0 Å². The van der Waals surface area contributed by atoms with Gasteiger partial charge >= 0.3 is 6.18 Å². The Morgan fingerprint density at radius 1 is 1.18 bits per heavy atom. The zero-order valence-corrected chi connectivity index (χ0v) is 20.5. The molecule has 6 rings (SSSR count). The molecule has 3 aromatic heterocycles. The number of hydrogen-bond donors (Lipinski definition) is 0. The van der Waals surface area contributed by atoms with Gasteiger partial charge in [-0.05, 0) is 55.2 Å². The molecule has 0 amide bonds. The Balaban J connectivity index is 1.55. The summed E-state index contributed by atoms with van der Waals surface area (Å²) in [5.41, 5.74) is 0.119. The Bertz CT molecular complexity index is 1760. The fraction of sp³-hybridized carbons (Fsp3) is 0.296. The summed E-state index contributed by atoms with van der Waals surface area (Å²) in [6.07, 6.45) is 2.66. The Morgan fingerprint density at radius 3 is 2.67 bits per heavy atom. The van der Waals surface area contributed by atoms with Crippen molar-refractivity contribution in [3.05, 3.63) is 81.6 Å². The molecule has 1 fully saturated rings. The van der Waals surface area contributed by atoms with Crippen molar-refractivity contribution in [2.75, 3.05) is 6.61 Å². The second-order valence-corrected chi connectivity index (χ2v) is 9.57. The van der Waals surface area contributed by atoms with Gasteiger partial charge in [-0.1, -0.05) is 0 Å². The van der Waals surface area contributed by atoms with Gasteiger partial charge in [-0.25, -0.2) is 14.4 Å². The van der Waals surface area contributed by atoms with E-state index in [1.54, 1.807) is 6.20 Å². The maximum Gasteiger partial charge on any atom is 0.449 e. The van der Waals surface area contributed by atoms with Gasteiger partial charge in [0.2, 0.25) is 5.82 Å². The van der Waals surface area contributed by atoms with Crippen LogP contribution in [0.5, 0.6) is 0 Å². The monoisotopic (exact) mass is 536 g/mol. The first-order valence-corrected chi connectivity index (χ1v) is 12.2. The molecule has 1 aliphatic heterocycles. The summed E-state index contributed by atoms with van der Waals surface area (Å²) in [4.78, 5) is 21.4. The highest BCUT2D eigenvalue weighted by atomic mass is 19.4. The molecule has 0 bridgehead atoms. The van der Waals surface area contributed by atoms with Crippen molar-refractivity contribution >= 4 is 16.5 Å². The summed E-state index contributed by atoms with van der Waals surface area (Å²) in [5, 5.41) is 13.4. The van der Waals surface area contributed by atoms with Gasteiger partial charge in [0, 0.05) is 24.4 Å². The van der Waals surface area contributed by atoms with E-state index in [-0.39, 0.29) is 27.7 Å². The molecule has 0 N–H and O–H groups in total. The molecular weight excluding hydrogens is 516 g/mol. The number of nitriles is 1. The van der Waals surface area contributed by atoms with Crippen LogP contribution in [0.3, 0.4) is 0 Å². The topological polar surface area (TPSA) is 98.6 Å². The second kappa shape index (κ2) is 9.13. The van der Waals surface area contributed by atoms with Gasteiger partial charge in [0.15, 0.2) is 0 Å². The number of halogens is 4. The third-order valence-corrected chi connectivity index (χ3v) is 6.89. The number of benzene rings is 1. The predicted octanol–water partition coefficient (Wildman–Crippen LogP) is 5.10. The quantitative estimate of drug-likeness (QED) is 0.337. The zero-order chi connectivity index (χ0) is 27.5. The molecule has 198 valence electrons. The average molecular weight is 536 g/mol. The molecule has 4 heterocycles. The number of nitrogens with zero attached hydrogens (tertiary/aromatic N) is 6. The smallest absolute Gasteiger partial charge is 0.369 e. The van der Waals surface area contributed by atoms with Crippen LogP contribution in [0, 0.1) is 17.1 Å². The minimum absolute atomic E-state index is 0.0262. The first-order valence-electron chi connectivity index (χ1n) is 12.2. The second-order valence-electron chi connectivity index (χ2n) is 9.57. The Morgan fingerprint density at radius 2 is 1.97 bits per heavy atom. The van der Waals surface area contributed by atoms with Crippen LogP contribution in [0.4, 0.5) is 17.6 Å². The van der Waals surface area contributed by atoms with Crippen LogP contribution in [-0.2, 0) is 18.0 Å². The lowest BCUT2D eigenvalue weighted by Gasteiger charge is -2.22. The SMILES string of the molecule is Cn1c(C(F)(F)F)nc2c(-c3ccc(C#N)cc3F)nc(C3=CC(c4cnn(C5CC5)c4)OCC3)cc2c1=O. The first kappa shape index (κ1) is 24.9. The van der Waals surface area contributed by atoms with Crippen molar-refractivity contribution in [3.8, 4) is 17.3 Å². The zero-order valence-electron chi connectivity index (χ0n) is 20.5. The molecule has 1 aromatic carbocycles. The molecule has 0 radical (unpaired) electrons. The molecule has 8 nitrogen and oxygen atoms in total. The molecule has 2 aliphatic rings. The van der Waals surface area contributed by atoms with Crippen molar-refractivity contribution in [1.29, 1.82) is 5.26 Å². The van der Waals surface area contributed by atoms with E-state index in [1.807, 2.05) is 23.0 Å². The minimum atomic E-state index is -4.93. The molecule has 0 saturated heterocycles. The van der Waals surface area contributed by atoms with Crippen molar-refractivity contribution < 1.29 is 22.3 Å². The third-order valence-electron chi connectivity index (χ3n) is 6.89. The van der Waals surface area contributed by atoms with Crippen molar-refractivity contribution in [1.82, 2.24) is 24.3 Å². The molecule has 1 atom stereocenters. The number of aromatic nitrogens is 5. The largest absolute Gasteiger partial charge is 0.449 e. The molecule has 12 heteroatoms. The van der Waals surface area contributed by atoms with Crippen LogP contribution in [-0.4, -0.2) is 30.9 Å². The molecule has 0 spiro atoms. The van der Waals surface area contributed by atoms with E-state index in [9.17, 15) is 18.0 Å². The average Bonchev–Trinajstić information content (AvgIpc) is 3.65. The van der Waals surface area contributed by atoms with Gasteiger partial charge < -0.3 is 4.74 Å². The standard InChI is InChI=1S/C27H20F4N6O2/c1-36-25(38)19-10-21(15-6-7-39-22(9-15)16-12-33-37(13-16)17-3-4-17)34-23(24(19)35-26(36)27(29,30)31)18-5-2-14(11-32)8-20(18)28/h2,5,8-10,12-13,17,22H,3-4,6-7H2,1H3. The molecule has 1 aliphatic carbocycles. The number of rotatable bonds is 4. The van der Waals surface area contributed by atoms with E-state index < -0.39 is 29.5 Å². The van der Waals surface area contributed by atoms with Crippen LogP contribution in [0.1, 0.15) is 54.1 Å². The van der Waals surface area contributed by atoms with Crippen LogP contribution in [0.15, 0.2) is 47.5 Å². The lowest BCUT2D eigenvalue weighted by atomic mass is 9.98. The summed E-state index contributed by atoms with van der Waals surface area (Å²) in [5.74, 6) is -2.30. The molecule has 1 saturated carbocycles. The van der Waals surface area contributed by atoms with Crippen LogP contribution < -0.4 is 5.56 Å². The number of hydrogen-bond acceptors (Lipinski definition) is 6. The predicted molar refractivity (Wildman–Crippen MR) is 132 cm³/mol. The first-order chi connectivity index (χ1) is 18.6. The minimum Gasteiger partial charge on any atom is -0.369 e. The van der Waals surface area contributed by atoms with Gasteiger partial charge in [-0.2, -0.15) is 23.5 Å². The van der Waals surface area contributed by atoms with E-state index >= 15 is 4.39 Å². The van der Waals surface area contributed by atoms with Gasteiger partial charge in [0.1, 0.15) is 23.1 Å². The number of pyridine rings is 1. The van der Waals surface area contributed by atoms with Crippen LogP contribution in [0.2, 0.25) is 0 Å². The third kappa shape index (κ3) is 4.48. The summed E-state index contributed by atoms with van der Waals surface area (Å²) in [6, 6.07) is 7.13. The maximum atomic E-state index is 15.1. The molecule has 1 unspecified atom stereocenters. The van der Waals surface area contributed by atoms with Crippen molar-refractivity contribution in [2.45, 2.75) is 37.6 Å². The highest BCUT2D eigenvalue weighted by Gasteiger charge is 2.37. The Kier molecular flexibility index (Phi) is 5.84. The molecule has 4 aromatic rings. The molecular formula is C27H20F4N6O2. The van der Waals surface area contributed by atoms with Gasteiger partial charge in [0.05, 0.1) is 41.6 Å².